The van der Waals surface area contributed by atoms with Gasteiger partial charge >= 0.3 is 11.9 Å². The third-order valence-corrected chi connectivity index (χ3v) is 4.56. The van der Waals surface area contributed by atoms with E-state index in [0.29, 0.717) is 0 Å². The molecule has 0 unspecified atom stereocenters. The average molecular weight is 336 g/mol. The van der Waals surface area contributed by atoms with Gasteiger partial charge in [-0.15, -0.1) is 0 Å². The first-order chi connectivity index (χ1) is 11.4. The standard InChI is InChI=1S/C17H24N2O5/c1-10-11(2)19(12-8-6-5-7-9-12)15(18-10)13(16(21)23-3)14(20)17(22)24-4/h12,20H,5-9H2,1-4H3/b14-13+. The van der Waals surface area contributed by atoms with Gasteiger partial charge in [0.25, 0.3) is 0 Å². The molecule has 0 atom stereocenters. The Kier molecular flexibility index (Phi) is 5.64. The number of rotatable bonds is 4. The molecule has 1 aliphatic rings. The van der Waals surface area contributed by atoms with Crippen molar-refractivity contribution in [2.24, 2.45) is 0 Å². The topological polar surface area (TPSA) is 90.7 Å². The Morgan fingerprint density at radius 1 is 1.08 bits per heavy atom. The number of ether oxygens (including phenoxy) is 2. The van der Waals surface area contributed by atoms with Crippen LogP contribution in [0.2, 0.25) is 0 Å². The number of aryl methyl sites for hydroxylation is 1. The molecule has 1 N–H and O–H groups in total. The van der Waals surface area contributed by atoms with E-state index in [-0.39, 0.29) is 17.4 Å². The molecule has 1 heterocycles. The van der Waals surface area contributed by atoms with Crippen molar-refractivity contribution >= 4 is 17.5 Å². The normalized spacial score (nSPS) is 16.5. The molecule has 0 aromatic carbocycles. The van der Waals surface area contributed by atoms with E-state index in [1.807, 2.05) is 18.4 Å². The molecular formula is C17H24N2O5. The van der Waals surface area contributed by atoms with Crippen LogP contribution in [0.1, 0.15) is 55.4 Å². The lowest BCUT2D eigenvalue weighted by Gasteiger charge is -2.26. The summed E-state index contributed by atoms with van der Waals surface area (Å²) in [5.41, 5.74) is 1.40. The average Bonchev–Trinajstić information content (AvgIpc) is 2.89. The Hall–Kier alpha value is -2.31. The zero-order valence-electron chi connectivity index (χ0n) is 14.6. The summed E-state index contributed by atoms with van der Waals surface area (Å²) in [6, 6.07) is 0.181. The fourth-order valence-corrected chi connectivity index (χ4v) is 3.18. The summed E-state index contributed by atoms with van der Waals surface area (Å²) in [6.07, 6.45) is 5.32. The van der Waals surface area contributed by atoms with Crippen molar-refractivity contribution in [3.8, 4) is 0 Å². The van der Waals surface area contributed by atoms with Crippen molar-refractivity contribution in [2.45, 2.75) is 52.0 Å². The van der Waals surface area contributed by atoms with Crippen molar-refractivity contribution in [2.75, 3.05) is 14.2 Å². The van der Waals surface area contributed by atoms with Crippen LogP contribution in [0.5, 0.6) is 0 Å². The minimum atomic E-state index is -0.996. The number of imidazole rings is 1. The van der Waals surface area contributed by atoms with E-state index >= 15 is 0 Å². The number of hydrogen-bond acceptors (Lipinski definition) is 6. The van der Waals surface area contributed by atoms with Crippen LogP contribution in [0.15, 0.2) is 5.76 Å². The summed E-state index contributed by atoms with van der Waals surface area (Å²) >= 11 is 0. The van der Waals surface area contributed by atoms with Gasteiger partial charge in [0.1, 0.15) is 0 Å². The van der Waals surface area contributed by atoms with Crippen molar-refractivity contribution in [1.82, 2.24) is 9.55 Å². The number of aliphatic hydroxyl groups excluding tert-OH is 1. The Bertz CT molecular complexity index is 669. The maximum atomic E-state index is 12.2. The molecule has 0 aliphatic heterocycles. The molecule has 0 amide bonds. The van der Waals surface area contributed by atoms with Crippen LogP contribution in [0.25, 0.3) is 5.57 Å². The van der Waals surface area contributed by atoms with Crippen LogP contribution in [0.3, 0.4) is 0 Å². The van der Waals surface area contributed by atoms with Gasteiger partial charge in [0.05, 0.1) is 19.9 Å². The maximum Gasteiger partial charge on any atom is 0.374 e. The number of carbonyl (C=O) groups is 2. The highest BCUT2D eigenvalue weighted by Gasteiger charge is 2.31. The van der Waals surface area contributed by atoms with E-state index in [4.69, 9.17) is 4.74 Å². The molecule has 0 bridgehead atoms. The highest BCUT2D eigenvalue weighted by atomic mass is 16.5. The Balaban J connectivity index is 2.64. The first-order valence-electron chi connectivity index (χ1n) is 8.08. The fraction of sp³-hybridized carbons (Fsp3) is 0.588. The van der Waals surface area contributed by atoms with Crippen LogP contribution < -0.4 is 0 Å². The molecule has 132 valence electrons. The summed E-state index contributed by atoms with van der Waals surface area (Å²) < 4.78 is 11.2. The minimum absolute atomic E-state index is 0.181. The van der Waals surface area contributed by atoms with Gasteiger partial charge < -0.3 is 19.1 Å². The first-order valence-corrected chi connectivity index (χ1v) is 8.08. The van der Waals surface area contributed by atoms with Crippen LogP contribution in [-0.2, 0) is 19.1 Å². The molecule has 0 spiro atoms. The zero-order valence-corrected chi connectivity index (χ0v) is 14.6. The first kappa shape index (κ1) is 18.0. The second-order valence-electron chi connectivity index (χ2n) is 5.97. The third kappa shape index (κ3) is 3.29. The van der Waals surface area contributed by atoms with Crippen molar-refractivity contribution < 1.29 is 24.2 Å². The lowest BCUT2D eigenvalue weighted by molar-refractivity contribution is -0.140. The smallest absolute Gasteiger partial charge is 0.374 e. The quantitative estimate of drug-likeness (QED) is 0.516. The molecule has 0 radical (unpaired) electrons. The number of carbonyl (C=O) groups excluding carboxylic acids is 2. The predicted octanol–water partition coefficient (Wildman–Crippen LogP) is 2.62. The highest BCUT2D eigenvalue weighted by Crippen LogP contribution is 2.34. The van der Waals surface area contributed by atoms with E-state index in [0.717, 1.165) is 44.2 Å². The lowest BCUT2D eigenvalue weighted by atomic mass is 9.94. The van der Waals surface area contributed by atoms with Crippen LogP contribution in [0.4, 0.5) is 0 Å². The van der Waals surface area contributed by atoms with E-state index in [1.54, 1.807) is 0 Å². The summed E-state index contributed by atoms with van der Waals surface area (Å²) in [7, 11) is 2.33. The predicted molar refractivity (Wildman–Crippen MR) is 87.4 cm³/mol. The van der Waals surface area contributed by atoms with Gasteiger partial charge in [-0.3, -0.25) is 0 Å². The number of aliphatic hydroxyl groups is 1. The van der Waals surface area contributed by atoms with E-state index in [1.165, 1.54) is 13.5 Å². The molecule has 1 saturated carbocycles. The maximum absolute atomic E-state index is 12.2. The fourth-order valence-electron chi connectivity index (χ4n) is 3.18. The van der Waals surface area contributed by atoms with Crippen LogP contribution in [0, 0.1) is 13.8 Å². The van der Waals surface area contributed by atoms with E-state index in [9.17, 15) is 14.7 Å². The molecule has 24 heavy (non-hydrogen) atoms. The molecule has 1 aliphatic carbocycles. The molecule has 1 aromatic rings. The van der Waals surface area contributed by atoms with Crippen molar-refractivity contribution in [3.63, 3.8) is 0 Å². The van der Waals surface area contributed by atoms with Gasteiger partial charge in [-0.05, 0) is 26.7 Å². The van der Waals surface area contributed by atoms with Gasteiger partial charge in [-0.1, -0.05) is 19.3 Å². The Labute approximate surface area is 141 Å². The molecule has 2 rings (SSSR count). The molecule has 0 saturated heterocycles. The molecule has 7 heteroatoms. The van der Waals surface area contributed by atoms with Crippen molar-refractivity contribution in [1.29, 1.82) is 0 Å². The van der Waals surface area contributed by atoms with E-state index < -0.39 is 17.7 Å². The summed E-state index contributed by atoms with van der Waals surface area (Å²) in [5.74, 6) is -2.35. The Morgan fingerprint density at radius 3 is 2.21 bits per heavy atom. The van der Waals surface area contributed by atoms with E-state index in [2.05, 4.69) is 9.72 Å². The number of esters is 2. The monoisotopic (exact) mass is 336 g/mol. The number of nitrogens with zero attached hydrogens (tertiary/aromatic N) is 2. The van der Waals surface area contributed by atoms with Gasteiger partial charge in [0.2, 0.25) is 5.76 Å². The largest absolute Gasteiger partial charge is 0.501 e. The number of aromatic nitrogens is 2. The molecule has 7 nitrogen and oxygen atoms in total. The van der Waals surface area contributed by atoms with Crippen LogP contribution in [-0.4, -0.2) is 40.8 Å². The minimum Gasteiger partial charge on any atom is -0.501 e. The van der Waals surface area contributed by atoms with Gasteiger partial charge in [-0.2, -0.15) is 0 Å². The second kappa shape index (κ2) is 7.51. The van der Waals surface area contributed by atoms with Crippen LogP contribution >= 0.6 is 0 Å². The lowest BCUT2D eigenvalue weighted by Crippen LogP contribution is -2.21. The van der Waals surface area contributed by atoms with Gasteiger partial charge in [0.15, 0.2) is 11.4 Å². The number of hydrogen-bond donors (Lipinski definition) is 1. The molecule has 1 fully saturated rings. The van der Waals surface area contributed by atoms with Gasteiger partial charge in [-0.25, -0.2) is 14.6 Å². The molecule has 1 aromatic heterocycles. The highest BCUT2D eigenvalue weighted by molar-refractivity contribution is 6.21. The molecular weight excluding hydrogens is 312 g/mol. The summed E-state index contributed by atoms with van der Waals surface area (Å²) in [5, 5.41) is 10.2. The second-order valence-corrected chi connectivity index (χ2v) is 5.97. The third-order valence-electron chi connectivity index (χ3n) is 4.56. The summed E-state index contributed by atoms with van der Waals surface area (Å²) in [6.45, 7) is 3.76. The van der Waals surface area contributed by atoms with Gasteiger partial charge in [0, 0.05) is 11.7 Å². The van der Waals surface area contributed by atoms with Crippen molar-refractivity contribution in [3.05, 3.63) is 23.0 Å². The zero-order chi connectivity index (χ0) is 17.9. The Morgan fingerprint density at radius 2 is 1.67 bits per heavy atom. The SMILES string of the molecule is COC(=O)/C(O)=C(\C(=O)OC)c1nc(C)c(C)n1C1CCCCC1. The summed E-state index contributed by atoms with van der Waals surface area (Å²) in [4.78, 5) is 28.4. The number of methoxy groups -OCH3 is 2.